The number of hydrogen-bond acceptors (Lipinski definition) is 4. The van der Waals surface area contributed by atoms with Gasteiger partial charge < -0.3 is 15.2 Å². The highest BCUT2D eigenvalue weighted by Gasteiger charge is 2.17. The maximum Gasteiger partial charge on any atom is 0.231 e. The Morgan fingerprint density at radius 3 is 3.14 bits per heavy atom. The van der Waals surface area contributed by atoms with Crippen LogP contribution in [-0.4, -0.2) is 18.6 Å². The molecular weight excluding hydrogens is 182 g/mol. The van der Waals surface area contributed by atoms with E-state index < -0.39 is 18.7 Å². The van der Waals surface area contributed by atoms with Gasteiger partial charge in [-0.2, -0.15) is 0 Å². The van der Waals surface area contributed by atoms with Crippen LogP contribution in [0.25, 0.3) is 0 Å². The lowest BCUT2D eigenvalue weighted by Gasteiger charge is -2.04. The highest BCUT2D eigenvalue weighted by molar-refractivity contribution is 6.00. The first-order chi connectivity index (χ1) is 7.89. The molecule has 1 aliphatic rings. The van der Waals surface area contributed by atoms with Crippen molar-refractivity contribution in [3.63, 3.8) is 0 Å². The molecule has 0 aromatic heterocycles. The third kappa shape index (κ3) is 1.44. The topological polar surface area (TPSA) is 61.6 Å². The molecule has 14 heavy (non-hydrogen) atoms. The summed E-state index contributed by atoms with van der Waals surface area (Å²) in [6.07, 6.45) is 0. The lowest BCUT2D eigenvalue weighted by atomic mass is 10.1. The minimum atomic E-state index is -2.51. The number of Topliss-reactive ketones (excluding diaryl/α,β-unsaturated/α-hetero) is 1. The summed E-state index contributed by atoms with van der Waals surface area (Å²) in [7, 11) is 0. The molecule has 1 aliphatic heterocycles. The smallest absolute Gasteiger partial charge is 0.231 e. The van der Waals surface area contributed by atoms with E-state index in [-0.39, 0.29) is 12.4 Å². The number of benzene rings is 1. The van der Waals surface area contributed by atoms with E-state index in [0.717, 1.165) is 0 Å². The molecule has 1 unspecified atom stereocenters. The second-order valence-electron chi connectivity index (χ2n) is 2.91. The van der Waals surface area contributed by atoms with E-state index in [2.05, 4.69) is 0 Å². The molecule has 1 aromatic carbocycles. The van der Waals surface area contributed by atoms with Gasteiger partial charge in [0.15, 0.2) is 17.3 Å². The number of ether oxygens (including phenoxy) is 2. The summed E-state index contributed by atoms with van der Waals surface area (Å²) < 4.78 is 31.5. The number of carbonyl (C=O) groups excluding carboxylic acids is 1. The van der Waals surface area contributed by atoms with Crippen LogP contribution in [0.1, 0.15) is 21.3 Å². The van der Waals surface area contributed by atoms with Gasteiger partial charge in [-0.3, -0.25) is 4.79 Å². The molecule has 0 amide bonds. The molecule has 0 aliphatic carbocycles. The average Bonchev–Trinajstić information content (AvgIpc) is 2.72. The quantitative estimate of drug-likeness (QED) is 0.715. The van der Waals surface area contributed by atoms with Gasteiger partial charge in [-0.15, -0.1) is 0 Å². The van der Waals surface area contributed by atoms with E-state index in [9.17, 15) is 4.79 Å². The molecule has 0 spiro atoms. The van der Waals surface area contributed by atoms with Crippen LogP contribution >= 0.6 is 0 Å². The molecule has 0 saturated carbocycles. The normalized spacial score (nSPS) is 19.4. The van der Waals surface area contributed by atoms with Crippen molar-refractivity contribution in [3.05, 3.63) is 23.8 Å². The number of ketones is 1. The molecule has 4 nitrogen and oxygen atoms in total. The van der Waals surface area contributed by atoms with Crippen LogP contribution in [0.2, 0.25) is 0 Å². The fourth-order valence-electron chi connectivity index (χ4n) is 1.23. The largest absolute Gasteiger partial charge is 0.454 e. The van der Waals surface area contributed by atoms with Gasteiger partial charge in [0.2, 0.25) is 6.79 Å². The maximum atomic E-state index is 11.8. The molecule has 0 saturated heterocycles. The molecular formula is C10H11NO3. The number of fused-ring (bicyclic) bond motifs is 1. The van der Waals surface area contributed by atoms with Crippen LogP contribution in [0.3, 0.4) is 0 Å². The van der Waals surface area contributed by atoms with Gasteiger partial charge >= 0.3 is 0 Å². The molecule has 1 aromatic rings. The fourth-order valence-corrected chi connectivity index (χ4v) is 1.23. The summed E-state index contributed by atoms with van der Waals surface area (Å²) in [5, 5.41) is 0. The molecule has 0 fully saturated rings. The molecule has 1 atom stereocenters. The second kappa shape index (κ2) is 3.31. The third-order valence-corrected chi connectivity index (χ3v) is 1.94. The average molecular weight is 196 g/mol. The molecule has 2 N–H and O–H groups in total. The lowest BCUT2D eigenvalue weighted by molar-refractivity contribution is 0.0967. The highest BCUT2D eigenvalue weighted by atomic mass is 16.7. The predicted molar refractivity (Wildman–Crippen MR) is 50.5 cm³/mol. The van der Waals surface area contributed by atoms with E-state index in [1.807, 2.05) is 0 Å². The first-order valence-corrected chi connectivity index (χ1v) is 4.09. The Bertz CT molecular complexity index is 459. The zero-order valence-electron chi connectivity index (χ0n) is 10.3. The van der Waals surface area contributed by atoms with E-state index in [0.29, 0.717) is 11.5 Å². The van der Waals surface area contributed by atoms with Crippen molar-refractivity contribution in [1.82, 2.24) is 0 Å². The molecule has 0 radical (unpaired) electrons. The first-order valence-electron chi connectivity index (χ1n) is 5.59. The standard InChI is InChI=1S/C10H11NO3/c1-6(11)10(12)7-2-3-8-9(4-7)14-5-13-8/h2-4,6H,5,11H2,1H3/i1D3. The van der Waals surface area contributed by atoms with Crippen LogP contribution in [0.5, 0.6) is 11.5 Å². The van der Waals surface area contributed by atoms with Crippen molar-refractivity contribution in [2.75, 3.05) is 6.79 Å². The molecule has 74 valence electrons. The lowest BCUT2D eigenvalue weighted by Crippen LogP contribution is -2.26. The van der Waals surface area contributed by atoms with Crippen LogP contribution in [-0.2, 0) is 0 Å². The molecule has 1 heterocycles. The zero-order valence-corrected chi connectivity index (χ0v) is 7.32. The van der Waals surface area contributed by atoms with Crippen molar-refractivity contribution in [2.45, 2.75) is 12.9 Å². The summed E-state index contributed by atoms with van der Waals surface area (Å²) in [5.74, 6) is 0.320. The summed E-state index contributed by atoms with van der Waals surface area (Å²) in [6.45, 7) is -2.41. The van der Waals surface area contributed by atoms with Gasteiger partial charge in [-0.05, 0) is 25.1 Å². The van der Waals surface area contributed by atoms with Crippen LogP contribution in [0, 0.1) is 0 Å². The SMILES string of the molecule is [2H]C([2H])([2H])C(N)C(=O)c1ccc2c(c1)OCO2. The van der Waals surface area contributed by atoms with E-state index in [4.69, 9.17) is 19.3 Å². The summed E-state index contributed by atoms with van der Waals surface area (Å²) >= 11 is 0. The van der Waals surface area contributed by atoms with Gasteiger partial charge in [0, 0.05) is 9.68 Å². The maximum absolute atomic E-state index is 11.8. The van der Waals surface area contributed by atoms with Crippen molar-refractivity contribution < 1.29 is 18.4 Å². The van der Waals surface area contributed by atoms with Crippen molar-refractivity contribution >= 4 is 5.78 Å². The highest BCUT2D eigenvalue weighted by Crippen LogP contribution is 2.32. The number of nitrogens with two attached hydrogens (primary N) is 1. The van der Waals surface area contributed by atoms with Crippen LogP contribution in [0.4, 0.5) is 0 Å². The zero-order chi connectivity index (χ0) is 12.6. The minimum absolute atomic E-state index is 0.0955. The Kier molecular flexibility index (Phi) is 1.42. The molecule has 2 rings (SSSR count). The van der Waals surface area contributed by atoms with E-state index in [1.54, 1.807) is 6.07 Å². The van der Waals surface area contributed by atoms with E-state index in [1.165, 1.54) is 12.1 Å². The van der Waals surface area contributed by atoms with Crippen LogP contribution < -0.4 is 15.2 Å². The Morgan fingerprint density at radius 1 is 1.57 bits per heavy atom. The number of rotatable bonds is 2. The van der Waals surface area contributed by atoms with Crippen LogP contribution in [0.15, 0.2) is 18.2 Å². The fraction of sp³-hybridized carbons (Fsp3) is 0.300. The Balaban J connectivity index is 2.26. The third-order valence-electron chi connectivity index (χ3n) is 1.94. The molecule has 0 bridgehead atoms. The predicted octanol–water partition coefficient (Wildman–Crippen LogP) is 0.945. The van der Waals surface area contributed by atoms with Crippen molar-refractivity contribution in [3.8, 4) is 11.5 Å². The Labute approximate surface area is 85.8 Å². The Hall–Kier alpha value is -1.55. The number of carbonyl (C=O) groups is 1. The summed E-state index contributed by atoms with van der Waals surface area (Å²) in [6, 6.07) is 2.95. The number of hydrogen-bond donors (Lipinski definition) is 1. The summed E-state index contributed by atoms with van der Waals surface area (Å²) in [5.41, 5.74) is 5.59. The monoisotopic (exact) mass is 196 g/mol. The van der Waals surface area contributed by atoms with Gasteiger partial charge in [0.25, 0.3) is 0 Å². The van der Waals surface area contributed by atoms with Crippen molar-refractivity contribution in [2.24, 2.45) is 5.73 Å². The van der Waals surface area contributed by atoms with Gasteiger partial charge in [-0.1, -0.05) is 0 Å². The molecule has 4 heteroatoms. The van der Waals surface area contributed by atoms with Crippen molar-refractivity contribution in [1.29, 1.82) is 0 Å². The van der Waals surface area contributed by atoms with Gasteiger partial charge in [0.05, 0.1) is 6.04 Å². The van der Waals surface area contributed by atoms with Gasteiger partial charge in [0.1, 0.15) is 0 Å². The van der Waals surface area contributed by atoms with E-state index >= 15 is 0 Å². The Morgan fingerprint density at radius 2 is 2.36 bits per heavy atom. The van der Waals surface area contributed by atoms with Gasteiger partial charge in [-0.25, -0.2) is 0 Å². The second-order valence-corrected chi connectivity index (χ2v) is 2.91. The first kappa shape index (κ1) is 6.03. The summed E-state index contributed by atoms with van der Waals surface area (Å²) in [4.78, 5) is 11.8. The minimum Gasteiger partial charge on any atom is -0.454 e.